The van der Waals surface area contributed by atoms with Crippen molar-refractivity contribution in [3.8, 4) is 22.0 Å². The maximum Gasteiger partial charge on any atom is 0.451 e. The quantitative estimate of drug-likeness (QED) is 0.658. The highest BCUT2D eigenvalue weighted by atomic mass is 32.1. The third kappa shape index (κ3) is 2.34. The van der Waals surface area contributed by atoms with Crippen LogP contribution in [0.3, 0.4) is 0 Å². The molecule has 3 aromatic rings. The molecule has 2 aromatic heterocycles. The molecule has 0 unspecified atom stereocenters. The highest BCUT2D eigenvalue weighted by Gasteiger charge is 2.40. The van der Waals surface area contributed by atoms with E-state index in [2.05, 4.69) is 4.98 Å². The van der Waals surface area contributed by atoms with Crippen LogP contribution in [-0.4, -0.2) is 4.98 Å². The van der Waals surface area contributed by atoms with Crippen molar-refractivity contribution in [2.24, 2.45) is 0 Å². The molecule has 2 nitrogen and oxygen atoms in total. The summed E-state index contributed by atoms with van der Waals surface area (Å²) in [5.41, 5.74) is 0.202. The number of nitrogens with zero attached hydrogens (tertiary/aromatic N) is 1. The fourth-order valence-electron chi connectivity index (χ4n) is 1.81. The van der Waals surface area contributed by atoms with Crippen molar-refractivity contribution in [3.63, 3.8) is 0 Å². The van der Waals surface area contributed by atoms with Crippen LogP contribution in [0.5, 0.6) is 0 Å². The zero-order chi connectivity index (χ0) is 14.2. The van der Waals surface area contributed by atoms with Crippen molar-refractivity contribution in [3.05, 3.63) is 53.6 Å². The molecule has 0 atom stereocenters. The molecule has 1 aromatic carbocycles. The first-order valence-electron chi connectivity index (χ1n) is 5.73. The van der Waals surface area contributed by atoms with Crippen molar-refractivity contribution in [1.29, 1.82) is 0 Å². The van der Waals surface area contributed by atoms with Crippen molar-refractivity contribution in [2.45, 2.75) is 6.18 Å². The third-order valence-electron chi connectivity index (χ3n) is 2.66. The molecule has 0 spiro atoms. The Labute approximate surface area is 116 Å². The van der Waals surface area contributed by atoms with Crippen molar-refractivity contribution in [2.75, 3.05) is 0 Å². The zero-order valence-electron chi connectivity index (χ0n) is 10.0. The van der Waals surface area contributed by atoms with Gasteiger partial charge < -0.3 is 4.42 Å². The minimum atomic E-state index is -4.58. The average molecular weight is 295 g/mol. The predicted molar refractivity (Wildman–Crippen MR) is 70.3 cm³/mol. The van der Waals surface area contributed by atoms with E-state index in [1.54, 1.807) is 47.8 Å². The molecule has 102 valence electrons. The van der Waals surface area contributed by atoms with E-state index in [-0.39, 0.29) is 11.6 Å². The number of halogens is 3. The number of aromatic nitrogens is 1. The van der Waals surface area contributed by atoms with Gasteiger partial charge in [0.1, 0.15) is 5.69 Å². The Hall–Kier alpha value is -2.08. The van der Waals surface area contributed by atoms with Crippen LogP contribution < -0.4 is 0 Å². The number of benzene rings is 1. The summed E-state index contributed by atoms with van der Waals surface area (Å²) in [6, 6.07) is 11.6. The van der Waals surface area contributed by atoms with Gasteiger partial charge in [-0.25, -0.2) is 4.98 Å². The van der Waals surface area contributed by atoms with Gasteiger partial charge in [-0.05, 0) is 11.4 Å². The molecule has 20 heavy (non-hydrogen) atoms. The first-order valence-corrected chi connectivity index (χ1v) is 6.61. The van der Waals surface area contributed by atoms with Gasteiger partial charge in [0.05, 0.1) is 4.88 Å². The Balaban J connectivity index is 2.18. The summed E-state index contributed by atoms with van der Waals surface area (Å²) in [6.45, 7) is 0. The van der Waals surface area contributed by atoms with Gasteiger partial charge in [-0.3, -0.25) is 0 Å². The van der Waals surface area contributed by atoms with E-state index < -0.39 is 11.9 Å². The second-order valence-corrected chi connectivity index (χ2v) is 4.99. The Bertz CT molecular complexity index is 702. The number of thiophene rings is 1. The highest BCUT2D eigenvalue weighted by Crippen LogP contribution is 2.40. The van der Waals surface area contributed by atoms with Crippen molar-refractivity contribution < 1.29 is 17.6 Å². The molecule has 3 rings (SSSR count). The SMILES string of the molecule is FC(F)(F)c1oc(-c2cccs2)nc1-c1ccccc1. The Morgan fingerprint density at radius 1 is 1.00 bits per heavy atom. The summed E-state index contributed by atoms with van der Waals surface area (Å²) in [5.74, 6) is -1.07. The van der Waals surface area contributed by atoms with Gasteiger partial charge in [0, 0.05) is 5.56 Å². The number of hydrogen-bond acceptors (Lipinski definition) is 3. The van der Waals surface area contributed by atoms with Crippen molar-refractivity contribution >= 4 is 11.3 Å². The lowest BCUT2D eigenvalue weighted by Gasteiger charge is -2.04. The van der Waals surface area contributed by atoms with Gasteiger partial charge in [0.25, 0.3) is 0 Å². The molecule has 2 heterocycles. The molecule has 0 aliphatic carbocycles. The maximum atomic E-state index is 13.1. The molecule has 0 radical (unpaired) electrons. The van der Waals surface area contributed by atoms with Crippen molar-refractivity contribution in [1.82, 2.24) is 4.98 Å². The molecular weight excluding hydrogens is 287 g/mol. The van der Waals surface area contributed by atoms with E-state index in [1.807, 2.05) is 0 Å². The van der Waals surface area contributed by atoms with Gasteiger partial charge in [0.15, 0.2) is 0 Å². The second kappa shape index (κ2) is 4.79. The Kier molecular flexibility index (Phi) is 3.10. The van der Waals surface area contributed by atoms with Crippen LogP contribution in [0.4, 0.5) is 13.2 Å². The fourth-order valence-corrected chi connectivity index (χ4v) is 2.46. The molecule has 0 amide bonds. The number of oxazole rings is 1. The first kappa shape index (κ1) is 12.9. The first-order chi connectivity index (χ1) is 9.55. The van der Waals surface area contributed by atoms with Crippen LogP contribution in [0, 0.1) is 0 Å². The zero-order valence-corrected chi connectivity index (χ0v) is 10.8. The van der Waals surface area contributed by atoms with Gasteiger partial charge in [-0.2, -0.15) is 13.2 Å². The van der Waals surface area contributed by atoms with E-state index in [4.69, 9.17) is 4.42 Å². The second-order valence-electron chi connectivity index (χ2n) is 4.04. The molecule has 0 saturated heterocycles. The van der Waals surface area contributed by atoms with Gasteiger partial charge in [-0.15, -0.1) is 11.3 Å². The van der Waals surface area contributed by atoms with E-state index in [0.29, 0.717) is 10.4 Å². The fraction of sp³-hybridized carbons (Fsp3) is 0.0714. The summed E-state index contributed by atoms with van der Waals surface area (Å²) in [4.78, 5) is 4.58. The standard InChI is InChI=1S/C14H8F3NOS/c15-14(16,17)12-11(9-5-2-1-3-6-9)18-13(19-12)10-7-4-8-20-10/h1-8H. The maximum absolute atomic E-state index is 13.1. The molecule has 0 aliphatic rings. The van der Waals surface area contributed by atoms with E-state index in [9.17, 15) is 13.2 Å². The highest BCUT2D eigenvalue weighted by molar-refractivity contribution is 7.13. The molecule has 6 heteroatoms. The molecular formula is C14H8F3NOS. The largest absolute Gasteiger partial charge is 0.451 e. The molecule has 0 aliphatic heterocycles. The van der Waals surface area contributed by atoms with Crippen LogP contribution in [0.15, 0.2) is 52.3 Å². The monoisotopic (exact) mass is 295 g/mol. The molecule has 0 bridgehead atoms. The van der Waals surface area contributed by atoms with Gasteiger partial charge in [0.2, 0.25) is 11.7 Å². The topological polar surface area (TPSA) is 26.0 Å². The third-order valence-corrected chi connectivity index (χ3v) is 3.52. The van der Waals surface area contributed by atoms with Crippen LogP contribution in [-0.2, 0) is 6.18 Å². The van der Waals surface area contributed by atoms with E-state index >= 15 is 0 Å². The summed E-state index contributed by atoms with van der Waals surface area (Å²) in [6.07, 6.45) is -4.58. The summed E-state index contributed by atoms with van der Waals surface area (Å²) < 4.78 is 44.1. The van der Waals surface area contributed by atoms with Crippen LogP contribution in [0.2, 0.25) is 0 Å². The molecule has 0 fully saturated rings. The lowest BCUT2D eigenvalue weighted by Crippen LogP contribution is -2.05. The summed E-state index contributed by atoms with van der Waals surface area (Å²) in [5, 5.41) is 1.76. The molecule has 0 N–H and O–H groups in total. The van der Waals surface area contributed by atoms with Crippen LogP contribution >= 0.6 is 11.3 Å². The summed E-state index contributed by atoms with van der Waals surface area (Å²) in [7, 11) is 0. The lowest BCUT2D eigenvalue weighted by atomic mass is 10.1. The predicted octanol–water partition coefficient (Wildman–Crippen LogP) is 5.09. The van der Waals surface area contributed by atoms with E-state index in [0.717, 1.165) is 0 Å². The van der Waals surface area contributed by atoms with Gasteiger partial charge >= 0.3 is 6.18 Å². The lowest BCUT2D eigenvalue weighted by molar-refractivity contribution is -0.152. The number of alkyl halides is 3. The number of hydrogen-bond donors (Lipinski definition) is 0. The van der Waals surface area contributed by atoms with Gasteiger partial charge in [-0.1, -0.05) is 36.4 Å². The summed E-state index contributed by atoms with van der Waals surface area (Å²) >= 11 is 1.28. The van der Waals surface area contributed by atoms with E-state index in [1.165, 1.54) is 11.3 Å². The van der Waals surface area contributed by atoms with Crippen LogP contribution in [0.25, 0.3) is 22.0 Å². The Morgan fingerprint density at radius 3 is 2.35 bits per heavy atom. The minimum Gasteiger partial charge on any atom is -0.430 e. The average Bonchev–Trinajstić information content (AvgIpc) is 3.08. The minimum absolute atomic E-state index is 0.00817. The number of rotatable bonds is 2. The van der Waals surface area contributed by atoms with Crippen LogP contribution in [0.1, 0.15) is 5.76 Å². The Morgan fingerprint density at radius 2 is 1.75 bits per heavy atom. The normalized spacial score (nSPS) is 11.8. The molecule has 0 saturated carbocycles. The smallest absolute Gasteiger partial charge is 0.430 e.